The van der Waals surface area contributed by atoms with Gasteiger partial charge in [-0.15, -0.1) is 0 Å². The number of pyridine rings is 1. The maximum Gasteiger partial charge on any atom is 0.342 e. The van der Waals surface area contributed by atoms with Crippen LogP contribution in [0, 0.1) is 0 Å². The molecule has 208 valence electrons. The minimum atomic E-state index is -0.425. The molecule has 3 aromatic heterocycles. The summed E-state index contributed by atoms with van der Waals surface area (Å²) in [6, 6.07) is 26.9. The van der Waals surface area contributed by atoms with Crippen LogP contribution < -0.4 is 5.32 Å². The molecule has 9 heteroatoms. The summed E-state index contributed by atoms with van der Waals surface area (Å²) in [5.41, 5.74) is 4.38. The number of nitrogens with one attached hydrogen (secondary N) is 1. The molecule has 0 saturated carbocycles. The molecule has 0 radical (unpaired) electrons. The number of ether oxygens (including phenoxy) is 1. The lowest BCUT2D eigenvalue weighted by atomic mass is 10.2. The van der Waals surface area contributed by atoms with E-state index in [1.165, 1.54) is 11.8 Å². The molecule has 0 fully saturated rings. The zero-order chi connectivity index (χ0) is 29.1. The topological polar surface area (TPSA) is 91.0 Å². The number of benzene rings is 3. The zero-order valence-electron chi connectivity index (χ0n) is 23.0. The molecule has 42 heavy (non-hydrogen) atoms. The second kappa shape index (κ2) is 11.8. The first kappa shape index (κ1) is 27.0. The van der Waals surface area contributed by atoms with E-state index in [-0.39, 0.29) is 12.6 Å². The lowest BCUT2D eigenvalue weighted by Gasteiger charge is -2.09. The molecular formula is C33H27N5O3S. The minimum Gasteiger partial charge on any atom is -0.439 e. The summed E-state index contributed by atoms with van der Waals surface area (Å²) in [5.74, 6) is -0.572. The van der Waals surface area contributed by atoms with Crippen molar-refractivity contribution >= 4 is 57.6 Å². The van der Waals surface area contributed by atoms with Crippen LogP contribution in [0.25, 0.3) is 34.0 Å². The molecule has 1 N–H and O–H groups in total. The van der Waals surface area contributed by atoms with Crippen molar-refractivity contribution in [3.8, 4) is 0 Å². The van der Waals surface area contributed by atoms with Crippen LogP contribution in [0.3, 0.4) is 0 Å². The van der Waals surface area contributed by atoms with Gasteiger partial charge in [-0.1, -0.05) is 48.2 Å². The van der Waals surface area contributed by atoms with Gasteiger partial charge < -0.3 is 14.6 Å². The third-order valence-corrected chi connectivity index (χ3v) is 7.94. The molecule has 6 rings (SSSR count). The Balaban J connectivity index is 1.34. The fraction of sp³-hybridized carbons (Fsp3) is 0.0909. The number of hydrogen-bond acceptors (Lipinski definition) is 6. The molecule has 0 aliphatic heterocycles. The Morgan fingerprint density at radius 3 is 2.55 bits per heavy atom. The summed E-state index contributed by atoms with van der Waals surface area (Å²) in [6.07, 6.45) is 7.33. The normalized spacial score (nSPS) is 11.4. The van der Waals surface area contributed by atoms with Crippen LogP contribution >= 0.6 is 11.8 Å². The minimum absolute atomic E-state index is 0.0705. The predicted molar refractivity (Wildman–Crippen MR) is 165 cm³/mol. The van der Waals surface area contributed by atoms with Crippen molar-refractivity contribution < 1.29 is 14.3 Å². The maximum absolute atomic E-state index is 13.2. The largest absolute Gasteiger partial charge is 0.439 e. The Hall–Kier alpha value is -5.15. The summed E-state index contributed by atoms with van der Waals surface area (Å²) < 4.78 is 9.39. The number of aromatic nitrogens is 4. The molecule has 8 nitrogen and oxygen atoms in total. The lowest BCUT2D eigenvalue weighted by molar-refractivity contribution is 0.0360. The van der Waals surface area contributed by atoms with Gasteiger partial charge in [0, 0.05) is 52.6 Å². The number of carbonyl (C=O) groups is 2. The number of para-hydroxylation sites is 1. The lowest BCUT2D eigenvalue weighted by Crippen LogP contribution is -2.18. The summed E-state index contributed by atoms with van der Waals surface area (Å²) in [4.78, 5) is 31.7. The smallest absolute Gasteiger partial charge is 0.342 e. The van der Waals surface area contributed by atoms with Crippen LogP contribution in [0.1, 0.15) is 32.1 Å². The van der Waals surface area contributed by atoms with Gasteiger partial charge in [0.1, 0.15) is 0 Å². The van der Waals surface area contributed by atoms with Gasteiger partial charge in [0.2, 0.25) is 0 Å². The Bertz CT molecular complexity index is 1960. The van der Waals surface area contributed by atoms with Crippen molar-refractivity contribution in [3.63, 3.8) is 0 Å². The van der Waals surface area contributed by atoms with Crippen LogP contribution in [0.2, 0.25) is 0 Å². The monoisotopic (exact) mass is 573 g/mol. The fourth-order valence-electron chi connectivity index (χ4n) is 4.81. The molecule has 0 aliphatic carbocycles. The Labute approximate surface area is 246 Å². The van der Waals surface area contributed by atoms with Crippen molar-refractivity contribution in [1.82, 2.24) is 24.6 Å². The van der Waals surface area contributed by atoms with Crippen LogP contribution in [-0.4, -0.2) is 38.3 Å². The van der Waals surface area contributed by atoms with E-state index >= 15 is 0 Å². The molecule has 0 aliphatic rings. The van der Waals surface area contributed by atoms with Gasteiger partial charge in [-0.05, 0) is 60.7 Å². The van der Waals surface area contributed by atoms with Crippen molar-refractivity contribution in [2.45, 2.75) is 16.5 Å². The number of carbonyl (C=O) groups excluding carboxylic acids is 2. The standard InChI is InChI=1S/C33H27N5O3S/c1-34-32(39)26-11-4-6-13-31(26)42-23-15-16-25-28(17-14-22-9-7-8-18-35-22)36-38(30(25)19-23)21-41-33(40)27-20-37(2)29-12-5-3-10-24(27)29/h3-20H,21H2,1-2H3,(H,34,39)/b17-14+. The molecule has 0 unspecified atom stereocenters. The van der Waals surface area contributed by atoms with Gasteiger partial charge in [-0.2, -0.15) is 5.10 Å². The van der Waals surface area contributed by atoms with E-state index in [0.29, 0.717) is 11.1 Å². The third-order valence-electron chi connectivity index (χ3n) is 6.87. The van der Waals surface area contributed by atoms with Gasteiger partial charge in [-0.3, -0.25) is 9.78 Å². The molecule has 3 heterocycles. The van der Waals surface area contributed by atoms with E-state index in [1.807, 2.05) is 103 Å². The average Bonchev–Trinajstić information content (AvgIpc) is 3.56. The SMILES string of the molecule is CNC(=O)c1ccccc1Sc1ccc2c(/C=C/c3ccccn3)nn(COC(=O)c3cn(C)c4ccccc34)c2c1. The second-order valence-corrected chi connectivity index (χ2v) is 10.7. The van der Waals surface area contributed by atoms with Crippen molar-refractivity contribution in [2.75, 3.05) is 7.05 Å². The van der Waals surface area contributed by atoms with Gasteiger partial charge >= 0.3 is 5.97 Å². The molecule has 0 saturated heterocycles. The van der Waals surface area contributed by atoms with Crippen LogP contribution in [0.15, 0.2) is 107 Å². The quantitative estimate of drug-likeness (QED) is 0.211. The molecule has 0 bridgehead atoms. The Morgan fingerprint density at radius 1 is 0.905 bits per heavy atom. The van der Waals surface area contributed by atoms with E-state index in [1.54, 1.807) is 30.2 Å². The second-order valence-electron chi connectivity index (χ2n) is 9.56. The summed E-state index contributed by atoms with van der Waals surface area (Å²) in [7, 11) is 3.52. The molecule has 6 aromatic rings. The number of amides is 1. The first-order valence-electron chi connectivity index (χ1n) is 13.3. The third kappa shape index (κ3) is 5.42. The molecule has 0 spiro atoms. The molecular weight excluding hydrogens is 546 g/mol. The van der Waals surface area contributed by atoms with Gasteiger partial charge in [-0.25, -0.2) is 9.48 Å². The average molecular weight is 574 g/mol. The summed E-state index contributed by atoms with van der Waals surface area (Å²) in [5, 5.41) is 9.22. The van der Waals surface area contributed by atoms with Gasteiger partial charge in [0.15, 0.2) is 6.73 Å². The van der Waals surface area contributed by atoms with E-state index in [0.717, 1.165) is 43.0 Å². The number of aryl methyl sites for hydroxylation is 1. The van der Waals surface area contributed by atoms with Crippen molar-refractivity contribution in [1.29, 1.82) is 0 Å². The first-order chi connectivity index (χ1) is 20.5. The molecule has 0 atom stereocenters. The highest BCUT2D eigenvalue weighted by molar-refractivity contribution is 7.99. The van der Waals surface area contributed by atoms with E-state index < -0.39 is 5.97 Å². The van der Waals surface area contributed by atoms with Gasteiger partial charge in [0.05, 0.1) is 28.0 Å². The maximum atomic E-state index is 13.2. The summed E-state index contributed by atoms with van der Waals surface area (Å²) in [6.45, 7) is -0.0705. The van der Waals surface area contributed by atoms with E-state index in [2.05, 4.69) is 10.3 Å². The molecule has 1 amide bonds. The summed E-state index contributed by atoms with van der Waals surface area (Å²) >= 11 is 1.49. The zero-order valence-corrected chi connectivity index (χ0v) is 23.8. The number of nitrogens with zero attached hydrogens (tertiary/aromatic N) is 4. The Morgan fingerprint density at radius 2 is 1.71 bits per heavy atom. The van der Waals surface area contributed by atoms with Gasteiger partial charge in [0.25, 0.3) is 5.91 Å². The van der Waals surface area contributed by atoms with Crippen LogP contribution in [-0.2, 0) is 18.5 Å². The fourth-order valence-corrected chi connectivity index (χ4v) is 5.79. The van der Waals surface area contributed by atoms with E-state index in [9.17, 15) is 9.59 Å². The highest BCUT2D eigenvalue weighted by atomic mass is 32.2. The number of rotatable bonds is 8. The van der Waals surface area contributed by atoms with E-state index in [4.69, 9.17) is 9.84 Å². The van der Waals surface area contributed by atoms with Crippen LogP contribution in [0.5, 0.6) is 0 Å². The first-order valence-corrected chi connectivity index (χ1v) is 14.1. The van der Waals surface area contributed by atoms with Crippen molar-refractivity contribution in [3.05, 3.63) is 120 Å². The number of esters is 1. The highest BCUT2D eigenvalue weighted by Crippen LogP contribution is 2.34. The van der Waals surface area contributed by atoms with Crippen LogP contribution in [0.4, 0.5) is 0 Å². The highest BCUT2D eigenvalue weighted by Gasteiger charge is 2.18. The Kier molecular flexibility index (Phi) is 7.57. The predicted octanol–water partition coefficient (Wildman–Crippen LogP) is 6.42. The molecule has 3 aromatic carbocycles. The van der Waals surface area contributed by atoms with Crippen molar-refractivity contribution in [2.24, 2.45) is 7.05 Å². The number of hydrogen-bond donors (Lipinski definition) is 1. The number of fused-ring (bicyclic) bond motifs is 2.